The number of benzene rings is 4. The standard InChI is InChI=1S/C33H33N3/c1-32(2,3)22-12-16-29-31(18-22)35-28-15-11-21(17-30(28)34-29)20-36(6)23-13-14-25-24-9-7-8-10-26(24)33(4,5)27(25)19-23/h7-19H,20H2,1-6H3. The van der Waals surface area contributed by atoms with E-state index in [1.54, 1.807) is 0 Å². The molecule has 6 rings (SSSR count). The Morgan fingerprint density at radius 2 is 1.36 bits per heavy atom. The number of nitrogens with zero attached hydrogens (tertiary/aromatic N) is 3. The maximum Gasteiger partial charge on any atom is 0.0898 e. The molecule has 0 N–H and O–H groups in total. The van der Waals surface area contributed by atoms with Gasteiger partial charge in [0.25, 0.3) is 0 Å². The fourth-order valence-electron chi connectivity index (χ4n) is 5.58. The first-order valence-corrected chi connectivity index (χ1v) is 12.8. The summed E-state index contributed by atoms with van der Waals surface area (Å²) in [5.74, 6) is 0. The van der Waals surface area contributed by atoms with Crippen molar-refractivity contribution < 1.29 is 0 Å². The van der Waals surface area contributed by atoms with Crippen LogP contribution in [0.25, 0.3) is 33.2 Å². The van der Waals surface area contributed by atoms with Gasteiger partial charge in [0.15, 0.2) is 0 Å². The summed E-state index contributed by atoms with van der Waals surface area (Å²) in [6.07, 6.45) is 0. The Morgan fingerprint density at radius 3 is 2.11 bits per heavy atom. The van der Waals surface area contributed by atoms with Crippen LogP contribution in [-0.2, 0) is 17.4 Å². The summed E-state index contributed by atoms with van der Waals surface area (Å²) in [6, 6.07) is 28.6. The molecule has 1 aromatic heterocycles. The highest BCUT2D eigenvalue weighted by atomic mass is 15.1. The molecule has 1 aliphatic carbocycles. The lowest BCUT2D eigenvalue weighted by atomic mass is 9.82. The van der Waals surface area contributed by atoms with Crippen molar-refractivity contribution in [3.05, 3.63) is 101 Å². The summed E-state index contributed by atoms with van der Waals surface area (Å²) in [7, 11) is 2.17. The Labute approximate surface area is 213 Å². The van der Waals surface area contributed by atoms with E-state index in [0.717, 1.165) is 28.6 Å². The highest BCUT2D eigenvalue weighted by Crippen LogP contribution is 2.49. The molecule has 4 aromatic carbocycles. The molecule has 0 fully saturated rings. The molecule has 0 atom stereocenters. The van der Waals surface area contributed by atoms with Gasteiger partial charge in [-0.3, -0.25) is 0 Å². The number of rotatable bonds is 3. The highest BCUT2D eigenvalue weighted by Gasteiger charge is 2.35. The van der Waals surface area contributed by atoms with Crippen molar-refractivity contribution in [1.29, 1.82) is 0 Å². The van der Waals surface area contributed by atoms with Crippen LogP contribution < -0.4 is 4.90 Å². The second kappa shape index (κ2) is 7.89. The number of aromatic nitrogens is 2. The molecular weight excluding hydrogens is 438 g/mol. The molecule has 0 aliphatic heterocycles. The first-order valence-electron chi connectivity index (χ1n) is 12.8. The van der Waals surface area contributed by atoms with E-state index in [4.69, 9.17) is 9.97 Å². The molecule has 0 radical (unpaired) electrons. The van der Waals surface area contributed by atoms with Crippen LogP contribution in [0.1, 0.15) is 56.9 Å². The number of anilines is 1. The van der Waals surface area contributed by atoms with Gasteiger partial charge >= 0.3 is 0 Å². The summed E-state index contributed by atoms with van der Waals surface area (Å²) >= 11 is 0. The van der Waals surface area contributed by atoms with Gasteiger partial charge in [0.1, 0.15) is 0 Å². The van der Waals surface area contributed by atoms with Gasteiger partial charge in [0, 0.05) is 24.7 Å². The van der Waals surface area contributed by atoms with Crippen LogP contribution >= 0.6 is 0 Å². The maximum absolute atomic E-state index is 4.95. The molecular formula is C33H33N3. The van der Waals surface area contributed by atoms with Gasteiger partial charge in [-0.1, -0.05) is 77.1 Å². The van der Waals surface area contributed by atoms with Gasteiger partial charge in [-0.25, -0.2) is 9.97 Å². The van der Waals surface area contributed by atoms with E-state index < -0.39 is 0 Å². The van der Waals surface area contributed by atoms with E-state index in [0.29, 0.717) is 0 Å². The average molecular weight is 472 g/mol. The van der Waals surface area contributed by atoms with Gasteiger partial charge in [0.2, 0.25) is 0 Å². The number of hydrogen-bond donors (Lipinski definition) is 0. The third-order valence-electron chi connectivity index (χ3n) is 7.79. The van der Waals surface area contributed by atoms with E-state index in [1.165, 1.54) is 39.1 Å². The van der Waals surface area contributed by atoms with Crippen LogP contribution in [0.3, 0.4) is 0 Å². The molecule has 1 heterocycles. The van der Waals surface area contributed by atoms with Gasteiger partial charge in [-0.15, -0.1) is 0 Å². The molecule has 0 unspecified atom stereocenters. The van der Waals surface area contributed by atoms with E-state index in [9.17, 15) is 0 Å². The minimum absolute atomic E-state index is 0.00915. The largest absolute Gasteiger partial charge is 0.370 e. The van der Waals surface area contributed by atoms with Crippen LogP contribution in [0.5, 0.6) is 0 Å². The Balaban J connectivity index is 1.30. The predicted molar refractivity (Wildman–Crippen MR) is 152 cm³/mol. The molecule has 0 spiro atoms. The van der Waals surface area contributed by atoms with Crippen LogP contribution in [0, 0.1) is 0 Å². The third-order valence-corrected chi connectivity index (χ3v) is 7.79. The highest BCUT2D eigenvalue weighted by molar-refractivity contribution is 5.87. The fourth-order valence-corrected chi connectivity index (χ4v) is 5.58. The van der Waals surface area contributed by atoms with Gasteiger partial charge < -0.3 is 4.90 Å². The fraction of sp³-hybridized carbons (Fsp3) is 0.273. The summed E-state index contributed by atoms with van der Waals surface area (Å²) < 4.78 is 0. The zero-order chi connectivity index (χ0) is 25.2. The molecule has 1 aliphatic rings. The Hall–Kier alpha value is -3.72. The normalized spacial score (nSPS) is 14.2. The van der Waals surface area contributed by atoms with Crippen molar-refractivity contribution in [1.82, 2.24) is 9.97 Å². The molecule has 0 bridgehead atoms. The molecule has 36 heavy (non-hydrogen) atoms. The first-order chi connectivity index (χ1) is 17.1. The lowest BCUT2D eigenvalue weighted by molar-refractivity contribution is 0.591. The summed E-state index contributed by atoms with van der Waals surface area (Å²) in [6.45, 7) is 12.2. The van der Waals surface area contributed by atoms with E-state index in [1.807, 2.05) is 0 Å². The minimum Gasteiger partial charge on any atom is -0.370 e. The van der Waals surface area contributed by atoms with E-state index in [2.05, 4.69) is 125 Å². The molecule has 0 amide bonds. The summed E-state index contributed by atoms with van der Waals surface area (Å²) in [5.41, 5.74) is 13.2. The molecule has 0 saturated carbocycles. The smallest absolute Gasteiger partial charge is 0.0898 e. The lowest BCUT2D eigenvalue weighted by Crippen LogP contribution is -2.19. The van der Waals surface area contributed by atoms with E-state index >= 15 is 0 Å². The monoisotopic (exact) mass is 471 g/mol. The maximum atomic E-state index is 4.95. The van der Waals surface area contributed by atoms with Gasteiger partial charge in [-0.05, 0) is 75.2 Å². The third kappa shape index (κ3) is 3.65. The molecule has 0 saturated heterocycles. The summed E-state index contributed by atoms with van der Waals surface area (Å²) in [5, 5.41) is 0. The Bertz CT molecular complexity index is 1640. The Kier molecular flexibility index (Phi) is 4.98. The van der Waals surface area contributed by atoms with Crippen molar-refractivity contribution in [2.75, 3.05) is 11.9 Å². The molecule has 3 heteroatoms. The van der Waals surface area contributed by atoms with E-state index in [-0.39, 0.29) is 10.8 Å². The van der Waals surface area contributed by atoms with Crippen LogP contribution in [0.15, 0.2) is 78.9 Å². The lowest BCUT2D eigenvalue weighted by Gasteiger charge is -2.25. The second-order valence-corrected chi connectivity index (χ2v) is 11.8. The van der Waals surface area contributed by atoms with Crippen molar-refractivity contribution in [2.24, 2.45) is 0 Å². The van der Waals surface area contributed by atoms with Crippen molar-refractivity contribution in [3.8, 4) is 11.1 Å². The number of fused-ring (bicyclic) bond motifs is 5. The zero-order valence-electron chi connectivity index (χ0n) is 22.1. The van der Waals surface area contributed by atoms with Gasteiger partial charge in [0.05, 0.1) is 22.1 Å². The van der Waals surface area contributed by atoms with Crippen molar-refractivity contribution >= 4 is 27.8 Å². The average Bonchev–Trinajstić information content (AvgIpc) is 3.08. The predicted octanol–water partition coefficient (Wildman–Crippen LogP) is 8.02. The van der Waals surface area contributed by atoms with Crippen LogP contribution in [0.4, 0.5) is 5.69 Å². The quantitative estimate of drug-likeness (QED) is 0.249. The molecule has 180 valence electrons. The van der Waals surface area contributed by atoms with Crippen LogP contribution in [0.2, 0.25) is 0 Å². The minimum atomic E-state index is 0.00915. The second-order valence-electron chi connectivity index (χ2n) is 11.8. The number of hydrogen-bond acceptors (Lipinski definition) is 3. The van der Waals surface area contributed by atoms with Crippen molar-refractivity contribution in [3.63, 3.8) is 0 Å². The summed E-state index contributed by atoms with van der Waals surface area (Å²) in [4.78, 5) is 12.2. The zero-order valence-corrected chi connectivity index (χ0v) is 22.1. The SMILES string of the molecule is CN(Cc1ccc2nc3cc(C(C)(C)C)ccc3nc2c1)c1ccc2c(c1)C(C)(C)c1ccccc1-2. The Morgan fingerprint density at radius 1 is 0.694 bits per heavy atom. The topological polar surface area (TPSA) is 29.0 Å². The molecule has 5 aromatic rings. The molecule has 3 nitrogen and oxygen atoms in total. The van der Waals surface area contributed by atoms with Crippen molar-refractivity contribution in [2.45, 2.75) is 52.0 Å². The first kappa shape index (κ1) is 22.7. The van der Waals surface area contributed by atoms with Gasteiger partial charge in [-0.2, -0.15) is 0 Å². The van der Waals surface area contributed by atoms with Crippen LogP contribution in [-0.4, -0.2) is 17.0 Å².